The van der Waals surface area contributed by atoms with E-state index in [9.17, 15) is 19.8 Å². The number of rotatable bonds is 5. The molecule has 0 saturated heterocycles. The molecule has 2 aromatic rings. The van der Waals surface area contributed by atoms with Gasteiger partial charge in [-0.15, -0.1) is 0 Å². The lowest BCUT2D eigenvalue weighted by Gasteiger charge is -2.46. The minimum Gasteiger partial charge on any atom is -0.481 e. The van der Waals surface area contributed by atoms with Crippen molar-refractivity contribution < 1.29 is 19.8 Å². The summed E-state index contributed by atoms with van der Waals surface area (Å²) in [5, 5.41) is 20.3. The minimum atomic E-state index is -1.31. The maximum atomic E-state index is 12.4. The molecule has 3 rings (SSSR count). The molecular weight excluding hydrogens is 330 g/mol. The fraction of sp³-hybridized carbons (Fsp3) is 0.286. The summed E-state index contributed by atoms with van der Waals surface area (Å²) in [5.74, 6) is -2.68. The average Bonchev–Trinajstić information content (AvgIpc) is 2.65. The van der Waals surface area contributed by atoms with Gasteiger partial charge in [0.15, 0.2) is 0 Å². The van der Waals surface area contributed by atoms with Gasteiger partial charge in [-0.3, -0.25) is 14.6 Å². The Morgan fingerprint density at radius 3 is 2.31 bits per heavy atom. The Morgan fingerprint density at radius 2 is 1.73 bits per heavy atom. The van der Waals surface area contributed by atoms with Gasteiger partial charge in [0.25, 0.3) is 0 Å². The summed E-state index contributed by atoms with van der Waals surface area (Å²) in [4.78, 5) is 28.7. The number of benzene rings is 1. The van der Waals surface area contributed by atoms with E-state index in [0.29, 0.717) is 5.56 Å². The van der Waals surface area contributed by atoms with Crippen LogP contribution in [0.15, 0.2) is 67.0 Å². The number of aromatic nitrogens is 1. The topological polar surface area (TPSA) is 87.5 Å². The van der Waals surface area contributed by atoms with Gasteiger partial charge in [0, 0.05) is 12.4 Å². The van der Waals surface area contributed by atoms with Crippen molar-refractivity contribution in [2.45, 2.75) is 25.2 Å². The van der Waals surface area contributed by atoms with E-state index in [1.54, 1.807) is 43.6 Å². The molecule has 0 spiro atoms. The van der Waals surface area contributed by atoms with Crippen molar-refractivity contribution in [2.75, 3.05) is 0 Å². The Hall–Kier alpha value is -2.95. The molecule has 1 aromatic carbocycles. The zero-order chi connectivity index (χ0) is 18.8. The normalized spacial score (nSPS) is 27.8. The van der Waals surface area contributed by atoms with Gasteiger partial charge in [0.05, 0.1) is 5.41 Å². The predicted molar refractivity (Wildman–Crippen MR) is 96.7 cm³/mol. The smallest absolute Gasteiger partial charge is 0.314 e. The summed E-state index contributed by atoms with van der Waals surface area (Å²) >= 11 is 0. The van der Waals surface area contributed by atoms with Crippen LogP contribution in [0.4, 0.5) is 0 Å². The molecule has 1 heterocycles. The molecule has 0 bridgehead atoms. The van der Waals surface area contributed by atoms with Crippen molar-refractivity contribution >= 4 is 11.9 Å². The standard InChI is InChI=1S/C21H21NO4/c1-15-20(18(23)24,14-16-6-3-2-4-7-16)10-5-11-21(15,19(25)26)17-8-12-22-13-9-17/h2-10,12-13,15H,11,14H2,1H3,(H,23,24)(H,25,26). The summed E-state index contributed by atoms with van der Waals surface area (Å²) in [5.41, 5.74) is -1.18. The summed E-state index contributed by atoms with van der Waals surface area (Å²) in [6.45, 7) is 1.73. The molecule has 1 aliphatic carbocycles. The fourth-order valence-electron chi connectivity index (χ4n) is 4.11. The van der Waals surface area contributed by atoms with Crippen LogP contribution in [-0.2, 0) is 21.4 Å². The van der Waals surface area contributed by atoms with E-state index in [-0.39, 0.29) is 12.8 Å². The highest BCUT2D eigenvalue weighted by Crippen LogP contribution is 2.51. The van der Waals surface area contributed by atoms with E-state index >= 15 is 0 Å². The molecule has 0 saturated carbocycles. The molecule has 1 aliphatic rings. The van der Waals surface area contributed by atoms with Crippen LogP contribution in [0.25, 0.3) is 0 Å². The quantitative estimate of drug-likeness (QED) is 0.807. The lowest BCUT2D eigenvalue weighted by Crippen LogP contribution is -2.54. The minimum absolute atomic E-state index is 0.237. The number of carboxylic acids is 2. The maximum Gasteiger partial charge on any atom is 0.314 e. The molecule has 1 aromatic heterocycles. The fourth-order valence-corrected chi connectivity index (χ4v) is 4.11. The zero-order valence-corrected chi connectivity index (χ0v) is 14.5. The van der Waals surface area contributed by atoms with E-state index in [4.69, 9.17) is 0 Å². The largest absolute Gasteiger partial charge is 0.481 e. The molecule has 0 radical (unpaired) electrons. The van der Waals surface area contributed by atoms with Crippen molar-refractivity contribution in [2.24, 2.45) is 11.3 Å². The SMILES string of the molecule is CC1C(Cc2ccccc2)(C(=O)O)C=CCC1(C(=O)O)c1ccncc1. The van der Waals surface area contributed by atoms with Gasteiger partial charge in [0.2, 0.25) is 0 Å². The van der Waals surface area contributed by atoms with E-state index in [1.165, 1.54) is 0 Å². The van der Waals surface area contributed by atoms with Gasteiger partial charge in [-0.2, -0.15) is 0 Å². The van der Waals surface area contributed by atoms with Gasteiger partial charge >= 0.3 is 11.9 Å². The Labute approximate surface area is 152 Å². The molecule has 2 N–H and O–H groups in total. The first kappa shape index (κ1) is 17.9. The van der Waals surface area contributed by atoms with Crippen LogP contribution in [0.3, 0.4) is 0 Å². The zero-order valence-electron chi connectivity index (χ0n) is 14.5. The highest BCUT2D eigenvalue weighted by molar-refractivity contribution is 5.87. The number of allylic oxidation sites excluding steroid dienone is 1. The van der Waals surface area contributed by atoms with Crippen molar-refractivity contribution in [1.29, 1.82) is 0 Å². The highest BCUT2D eigenvalue weighted by Gasteiger charge is 2.57. The second-order valence-corrected chi connectivity index (χ2v) is 6.85. The van der Waals surface area contributed by atoms with Crippen LogP contribution in [0.1, 0.15) is 24.5 Å². The summed E-state index contributed by atoms with van der Waals surface area (Å²) in [6.07, 6.45) is 6.95. The Bertz CT molecular complexity index is 834. The molecule has 0 aliphatic heterocycles. The predicted octanol–water partition coefficient (Wildman–Crippen LogP) is 3.31. The first-order chi connectivity index (χ1) is 12.4. The molecule has 134 valence electrons. The van der Waals surface area contributed by atoms with E-state index in [0.717, 1.165) is 5.56 Å². The molecule has 3 atom stereocenters. The molecule has 5 nitrogen and oxygen atoms in total. The van der Waals surface area contributed by atoms with Crippen LogP contribution >= 0.6 is 0 Å². The summed E-state index contributed by atoms with van der Waals surface area (Å²) < 4.78 is 0. The third-order valence-electron chi connectivity index (χ3n) is 5.68. The number of hydrogen-bond donors (Lipinski definition) is 2. The second-order valence-electron chi connectivity index (χ2n) is 6.85. The van der Waals surface area contributed by atoms with Crippen LogP contribution in [0.2, 0.25) is 0 Å². The third-order valence-corrected chi connectivity index (χ3v) is 5.68. The van der Waals surface area contributed by atoms with E-state index in [1.807, 2.05) is 30.3 Å². The van der Waals surface area contributed by atoms with Crippen molar-refractivity contribution in [3.05, 3.63) is 78.1 Å². The van der Waals surface area contributed by atoms with Gasteiger partial charge < -0.3 is 10.2 Å². The first-order valence-electron chi connectivity index (χ1n) is 8.52. The van der Waals surface area contributed by atoms with Crippen molar-refractivity contribution in [1.82, 2.24) is 4.98 Å². The lowest BCUT2D eigenvalue weighted by atomic mass is 9.54. The number of carboxylic acid groups (broad SMARTS) is 2. The van der Waals surface area contributed by atoms with Crippen LogP contribution in [-0.4, -0.2) is 27.1 Å². The van der Waals surface area contributed by atoms with Crippen LogP contribution < -0.4 is 0 Å². The number of aliphatic carboxylic acids is 2. The second kappa shape index (κ2) is 6.75. The molecule has 26 heavy (non-hydrogen) atoms. The molecule has 0 amide bonds. The molecule has 5 heteroatoms. The number of pyridine rings is 1. The molecule has 0 fully saturated rings. The van der Waals surface area contributed by atoms with Gasteiger partial charge in [-0.05, 0) is 42.0 Å². The Kier molecular flexibility index (Phi) is 4.64. The van der Waals surface area contributed by atoms with Crippen LogP contribution in [0, 0.1) is 11.3 Å². The summed E-state index contributed by atoms with van der Waals surface area (Å²) in [6, 6.07) is 12.7. The van der Waals surface area contributed by atoms with Crippen molar-refractivity contribution in [3.8, 4) is 0 Å². The van der Waals surface area contributed by atoms with Crippen molar-refractivity contribution in [3.63, 3.8) is 0 Å². The number of carbonyl (C=O) groups is 2. The number of nitrogens with zero attached hydrogens (tertiary/aromatic N) is 1. The van der Waals surface area contributed by atoms with Gasteiger partial charge in [0.1, 0.15) is 5.41 Å². The van der Waals surface area contributed by atoms with E-state index in [2.05, 4.69) is 4.98 Å². The Morgan fingerprint density at radius 1 is 1.08 bits per heavy atom. The van der Waals surface area contributed by atoms with E-state index < -0.39 is 28.7 Å². The maximum absolute atomic E-state index is 12.4. The average molecular weight is 351 g/mol. The monoisotopic (exact) mass is 351 g/mol. The molecular formula is C21H21NO4. The highest BCUT2D eigenvalue weighted by atomic mass is 16.4. The van der Waals surface area contributed by atoms with Crippen LogP contribution in [0.5, 0.6) is 0 Å². The number of hydrogen-bond acceptors (Lipinski definition) is 3. The van der Waals surface area contributed by atoms with Gasteiger partial charge in [-0.1, -0.05) is 49.4 Å². The first-order valence-corrected chi connectivity index (χ1v) is 8.52. The van der Waals surface area contributed by atoms with Gasteiger partial charge in [-0.25, -0.2) is 0 Å². The summed E-state index contributed by atoms with van der Waals surface area (Å²) in [7, 11) is 0. The molecule has 3 unspecified atom stereocenters. The lowest BCUT2D eigenvalue weighted by molar-refractivity contribution is -0.157. The Balaban J connectivity index is 2.15. The third kappa shape index (κ3) is 2.69.